The molecule has 3 nitrogen and oxygen atoms in total. The molecule has 0 bridgehead atoms. The number of hydrogen-bond acceptors (Lipinski definition) is 3. The van der Waals surface area contributed by atoms with E-state index in [2.05, 4.69) is 45.0 Å². The van der Waals surface area contributed by atoms with Crippen LogP contribution >= 0.6 is 0 Å². The third-order valence-corrected chi connectivity index (χ3v) is 4.76. The van der Waals surface area contributed by atoms with E-state index in [0.29, 0.717) is 12.3 Å². The summed E-state index contributed by atoms with van der Waals surface area (Å²) in [5.41, 5.74) is 3.43. The summed E-state index contributed by atoms with van der Waals surface area (Å²) in [6.45, 7) is 12.2. The van der Waals surface area contributed by atoms with Gasteiger partial charge in [-0.2, -0.15) is 0 Å². The summed E-state index contributed by atoms with van der Waals surface area (Å²) >= 11 is 0. The number of ether oxygens (including phenoxy) is 2. The molecule has 0 fully saturated rings. The fourth-order valence-corrected chi connectivity index (χ4v) is 3.10. The molecule has 0 spiro atoms. The first-order valence-electron chi connectivity index (χ1n) is 9.43. The lowest BCUT2D eigenvalue weighted by atomic mass is 9.85. The molecule has 0 heterocycles. The minimum absolute atomic E-state index is 0.342. The third kappa shape index (κ3) is 4.45. The van der Waals surface area contributed by atoms with E-state index in [9.17, 15) is 4.79 Å². The van der Waals surface area contributed by atoms with E-state index in [1.807, 2.05) is 32.9 Å². The average Bonchev–Trinajstić information content (AvgIpc) is 2.59. The van der Waals surface area contributed by atoms with Gasteiger partial charge in [0.05, 0.1) is 0 Å². The van der Waals surface area contributed by atoms with E-state index in [1.54, 1.807) is 7.11 Å². The number of benzene rings is 1. The second-order valence-electron chi connectivity index (χ2n) is 8.22. The van der Waals surface area contributed by atoms with Gasteiger partial charge in [-0.05, 0) is 61.4 Å². The van der Waals surface area contributed by atoms with Crippen LogP contribution in [0.2, 0.25) is 0 Å². The lowest BCUT2D eigenvalue weighted by molar-refractivity contribution is -0.174. The molecule has 0 saturated carbocycles. The Balaban J connectivity index is 2.33. The van der Waals surface area contributed by atoms with Crippen molar-refractivity contribution >= 4 is 11.5 Å². The van der Waals surface area contributed by atoms with Gasteiger partial charge in [0.1, 0.15) is 5.60 Å². The van der Waals surface area contributed by atoms with Gasteiger partial charge < -0.3 is 9.47 Å². The van der Waals surface area contributed by atoms with Crippen molar-refractivity contribution in [1.29, 1.82) is 0 Å². The van der Waals surface area contributed by atoms with Crippen molar-refractivity contribution in [1.82, 2.24) is 0 Å². The van der Waals surface area contributed by atoms with Crippen LogP contribution in [0, 0.1) is 0 Å². The number of carbonyl (C=O) groups excluding carboxylic acids is 1. The van der Waals surface area contributed by atoms with Crippen molar-refractivity contribution in [2.24, 2.45) is 0 Å². The number of aryl methyl sites for hydroxylation is 1. The summed E-state index contributed by atoms with van der Waals surface area (Å²) in [7, 11) is 1.56. The smallest absolute Gasteiger partial charge is 0.343 e. The van der Waals surface area contributed by atoms with Crippen molar-refractivity contribution in [3.05, 3.63) is 53.1 Å². The van der Waals surface area contributed by atoms with Crippen molar-refractivity contribution < 1.29 is 14.3 Å². The van der Waals surface area contributed by atoms with E-state index < -0.39 is 11.2 Å². The van der Waals surface area contributed by atoms with Crippen LogP contribution in [0.4, 0.5) is 0 Å². The standard InChI is InChI=1S/C23H32O3/c1-8-17-9-10-19(16(2)3)15-20(17)18-11-13-23(25-7,14-12-18)21(24)26-22(4,5)6/h9-13,15-16H,8,14H2,1-7H3. The number of carbonyl (C=O) groups is 1. The van der Waals surface area contributed by atoms with E-state index >= 15 is 0 Å². The molecule has 1 unspecified atom stereocenters. The number of esters is 1. The Kier molecular flexibility index (Phi) is 6.13. The Bertz CT molecular complexity index is 719. The molecule has 1 aromatic rings. The predicted octanol–water partition coefficient (Wildman–Crippen LogP) is 5.44. The highest BCUT2D eigenvalue weighted by atomic mass is 16.6. The van der Waals surface area contributed by atoms with Gasteiger partial charge in [-0.15, -0.1) is 0 Å². The molecule has 26 heavy (non-hydrogen) atoms. The third-order valence-electron chi connectivity index (χ3n) is 4.76. The molecule has 0 amide bonds. The molecule has 0 radical (unpaired) electrons. The molecule has 1 aliphatic carbocycles. The average molecular weight is 357 g/mol. The summed E-state index contributed by atoms with van der Waals surface area (Å²) in [5.74, 6) is 0.137. The Morgan fingerprint density at radius 3 is 2.42 bits per heavy atom. The van der Waals surface area contributed by atoms with E-state index in [1.165, 1.54) is 16.7 Å². The summed E-state index contributed by atoms with van der Waals surface area (Å²) in [5, 5.41) is 0. The number of rotatable bonds is 5. The maximum Gasteiger partial charge on any atom is 0.343 e. The molecular weight excluding hydrogens is 324 g/mol. The van der Waals surface area contributed by atoms with Gasteiger partial charge in [0.15, 0.2) is 5.60 Å². The molecular formula is C23H32O3. The Hall–Kier alpha value is -1.87. The van der Waals surface area contributed by atoms with Gasteiger partial charge in [-0.1, -0.05) is 51.1 Å². The summed E-state index contributed by atoms with van der Waals surface area (Å²) < 4.78 is 11.1. The van der Waals surface area contributed by atoms with Gasteiger partial charge in [-0.3, -0.25) is 0 Å². The van der Waals surface area contributed by atoms with Crippen molar-refractivity contribution in [3.8, 4) is 0 Å². The maximum absolute atomic E-state index is 12.6. The molecule has 1 aliphatic rings. The van der Waals surface area contributed by atoms with Crippen LogP contribution in [0.5, 0.6) is 0 Å². The van der Waals surface area contributed by atoms with Crippen LogP contribution in [0.15, 0.2) is 36.4 Å². The summed E-state index contributed by atoms with van der Waals surface area (Å²) in [6.07, 6.45) is 7.37. The first kappa shape index (κ1) is 20.4. The zero-order valence-electron chi connectivity index (χ0n) is 17.2. The first-order chi connectivity index (χ1) is 12.1. The largest absolute Gasteiger partial charge is 0.458 e. The second kappa shape index (κ2) is 7.79. The summed E-state index contributed by atoms with van der Waals surface area (Å²) in [4.78, 5) is 12.6. The SMILES string of the molecule is CCc1ccc(C(C)C)cc1C1=CCC(OC)(C(=O)OC(C)(C)C)C=C1. The van der Waals surface area contributed by atoms with Crippen LogP contribution in [0.1, 0.15) is 70.6 Å². The maximum atomic E-state index is 12.6. The Morgan fingerprint density at radius 2 is 1.96 bits per heavy atom. The van der Waals surface area contributed by atoms with Gasteiger partial charge in [0.25, 0.3) is 0 Å². The van der Waals surface area contributed by atoms with Gasteiger partial charge in [0.2, 0.25) is 0 Å². The van der Waals surface area contributed by atoms with Gasteiger partial charge in [-0.25, -0.2) is 4.79 Å². The molecule has 0 saturated heterocycles. The molecule has 2 rings (SSSR count). The van der Waals surface area contributed by atoms with Crippen molar-refractivity contribution in [3.63, 3.8) is 0 Å². The zero-order chi connectivity index (χ0) is 19.5. The normalized spacial score (nSPS) is 20.2. The van der Waals surface area contributed by atoms with Crippen LogP contribution in [0.25, 0.3) is 5.57 Å². The molecule has 0 aliphatic heterocycles. The molecule has 1 aromatic carbocycles. The number of hydrogen-bond donors (Lipinski definition) is 0. The Morgan fingerprint density at radius 1 is 1.27 bits per heavy atom. The monoisotopic (exact) mass is 356 g/mol. The first-order valence-corrected chi connectivity index (χ1v) is 9.43. The second-order valence-corrected chi connectivity index (χ2v) is 8.22. The zero-order valence-corrected chi connectivity index (χ0v) is 17.2. The predicted molar refractivity (Wildman–Crippen MR) is 107 cm³/mol. The summed E-state index contributed by atoms with van der Waals surface area (Å²) in [6, 6.07) is 6.69. The number of allylic oxidation sites excluding steroid dienone is 2. The molecule has 0 aromatic heterocycles. The van der Waals surface area contributed by atoms with E-state index in [0.717, 1.165) is 12.0 Å². The molecule has 1 atom stereocenters. The number of methoxy groups -OCH3 is 1. The van der Waals surface area contributed by atoms with Crippen LogP contribution in [0.3, 0.4) is 0 Å². The highest BCUT2D eigenvalue weighted by molar-refractivity contribution is 5.87. The van der Waals surface area contributed by atoms with Crippen LogP contribution < -0.4 is 0 Å². The van der Waals surface area contributed by atoms with E-state index in [4.69, 9.17) is 9.47 Å². The van der Waals surface area contributed by atoms with Gasteiger partial charge >= 0.3 is 5.97 Å². The van der Waals surface area contributed by atoms with Crippen LogP contribution in [-0.2, 0) is 20.7 Å². The fourth-order valence-electron chi connectivity index (χ4n) is 3.10. The van der Waals surface area contributed by atoms with Gasteiger partial charge in [0, 0.05) is 13.5 Å². The van der Waals surface area contributed by atoms with Crippen molar-refractivity contribution in [2.75, 3.05) is 7.11 Å². The van der Waals surface area contributed by atoms with Crippen LogP contribution in [-0.4, -0.2) is 24.3 Å². The highest BCUT2D eigenvalue weighted by Crippen LogP contribution is 2.34. The lowest BCUT2D eigenvalue weighted by Crippen LogP contribution is -2.44. The highest BCUT2D eigenvalue weighted by Gasteiger charge is 2.40. The van der Waals surface area contributed by atoms with E-state index in [-0.39, 0.29) is 5.97 Å². The van der Waals surface area contributed by atoms with Crippen molar-refractivity contribution in [2.45, 2.75) is 71.5 Å². The molecule has 0 N–H and O–H groups in total. The lowest BCUT2D eigenvalue weighted by Gasteiger charge is -2.32. The minimum atomic E-state index is -1.04. The fraction of sp³-hybridized carbons (Fsp3) is 0.522. The topological polar surface area (TPSA) is 35.5 Å². The molecule has 142 valence electrons. The quantitative estimate of drug-likeness (QED) is 0.659. The Labute approximate surface area is 158 Å². The molecule has 3 heteroatoms. The minimum Gasteiger partial charge on any atom is -0.458 e.